The van der Waals surface area contributed by atoms with Gasteiger partial charge in [-0.25, -0.2) is 4.57 Å². The molecule has 0 bridgehead atoms. The molecule has 6 heteroatoms. The molecule has 0 aliphatic heterocycles. The molecule has 0 aromatic heterocycles. The van der Waals surface area contributed by atoms with Gasteiger partial charge in [0, 0.05) is 5.56 Å². The summed E-state index contributed by atoms with van der Waals surface area (Å²) in [7, 11) is -4.72. The Kier molecular flexibility index (Phi) is 4.31. The molecule has 0 aliphatic rings. The third kappa shape index (κ3) is 4.23. The monoisotopic (exact) mass is 302 g/mol. The Morgan fingerprint density at radius 2 is 1.50 bits per heavy atom. The maximum atomic E-state index is 11.0. The highest BCUT2D eigenvalue weighted by molar-refractivity contribution is 7.46. The van der Waals surface area contributed by atoms with E-state index in [0.29, 0.717) is 5.56 Å². The first-order valence-electron chi connectivity index (χ1n) is 6.35. The number of phenols is 1. The molecular formula is C14H23O5P. The minimum atomic E-state index is -4.72. The van der Waals surface area contributed by atoms with Crippen molar-refractivity contribution < 1.29 is 24.0 Å². The van der Waals surface area contributed by atoms with E-state index in [2.05, 4.69) is 4.52 Å². The van der Waals surface area contributed by atoms with Crippen molar-refractivity contribution in [1.29, 1.82) is 0 Å². The molecular weight excluding hydrogens is 279 g/mol. The van der Waals surface area contributed by atoms with Crippen molar-refractivity contribution in [2.45, 2.75) is 52.4 Å². The molecule has 0 radical (unpaired) electrons. The van der Waals surface area contributed by atoms with Crippen LogP contribution in [0.5, 0.6) is 11.5 Å². The molecule has 1 aromatic rings. The van der Waals surface area contributed by atoms with Gasteiger partial charge < -0.3 is 9.63 Å². The van der Waals surface area contributed by atoms with Gasteiger partial charge in [-0.15, -0.1) is 0 Å². The van der Waals surface area contributed by atoms with Gasteiger partial charge in [-0.1, -0.05) is 47.6 Å². The second kappa shape index (κ2) is 5.06. The van der Waals surface area contributed by atoms with Gasteiger partial charge in [0.1, 0.15) is 0 Å². The first kappa shape index (κ1) is 17.0. The summed E-state index contributed by atoms with van der Waals surface area (Å²) >= 11 is 0. The van der Waals surface area contributed by atoms with Gasteiger partial charge >= 0.3 is 7.82 Å². The van der Waals surface area contributed by atoms with Crippen molar-refractivity contribution in [2.24, 2.45) is 0 Å². The van der Waals surface area contributed by atoms with Crippen LogP contribution in [0.15, 0.2) is 12.1 Å². The molecule has 0 aliphatic carbocycles. The smallest absolute Gasteiger partial charge is 0.504 e. The Hall–Kier alpha value is -1.03. The van der Waals surface area contributed by atoms with E-state index in [1.807, 2.05) is 47.6 Å². The molecule has 5 nitrogen and oxygen atoms in total. The largest absolute Gasteiger partial charge is 0.524 e. The zero-order valence-electron chi connectivity index (χ0n) is 12.8. The van der Waals surface area contributed by atoms with Crippen molar-refractivity contribution in [3.63, 3.8) is 0 Å². The van der Waals surface area contributed by atoms with Crippen LogP contribution in [0.1, 0.15) is 52.7 Å². The summed E-state index contributed by atoms with van der Waals surface area (Å²) < 4.78 is 15.7. The predicted molar refractivity (Wildman–Crippen MR) is 78.2 cm³/mol. The lowest BCUT2D eigenvalue weighted by molar-refractivity contribution is 0.276. The molecule has 0 unspecified atom stereocenters. The van der Waals surface area contributed by atoms with Crippen LogP contribution in [0.2, 0.25) is 0 Å². The van der Waals surface area contributed by atoms with Gasteiger partial charge in [-0.3, -0.25) is 9.79 Å². The number of hydrogen-bond acceptors (Lipinski definition) is 3. The van der Waals surface area contributed by atoms with E-state index in [9.17, 15) is 9.67 Å². The Morgan fingerprint density at radius 1 is 1.00 bits per heavy atom. The lowest BCUT2D eigenvalue weighted by Gasteiger charge is -2.27. The molecule has 3 N–H and O–H groups in total. The fourth-order valence-corrected chi connectivity index (χ4v) is 2.21. The fourth-order valence-electron chi connectivity index (χ4n) is 1.81. The van der Waals surface area contributed by atoms with Crippen LogP contribution in [0, 0.1) is 0 Å². The normalized spacial score (nSPS) is 13.4. The molecule has 20 heavy (non-hydrogen) atoms. The number of benzene rings is 1. The zero-order chi connectivity index (χ0) is 15.9. The fraction of sp³-hybridized carbons (Fsp3) is 0.571. The summed E-state index contributed by atoms with van der Waals surface area (Å²) in [5.74, 6) is -0.412. The van der Waals surface area contributed by atoms with E-state index >= 15 is 0 Å². The lowest BCUT2D eigenvalue weighted by Crippen LogP contribution is -2.17. The zero-order valence-corrected chi connectivity index (χ0v) is 13.7. The highest BCUT2D eigenvalue weighted by Crippen LogP contribution is 2.47. The van der Waals surface area contributed by atoms with Crippen molar-refractivity contribution in [3.8, 4) is 11.5 Å². The molecule has 0 saturated carbocycles. The van der Waals surface area contributed by atoms with E-state index in [-0.39, 0.29) is 22.3 Å². The van der Waals surface area contributed by atoms with Crippen molar-refractivity contribution in [3.05, 3.63) is 23.3 Å². The lowest BCUT2D eigenvalue weighted by atomic mass is 9.80. The van der Waals surface area contributed by atoms with Crippen LogP contribution in [0.25, 0.3) is 0 Å². The SMILES string of the molecule is CC(C)(C)c1cc(OP(=O)(O)O)c(O)c(C(C)(C)C)c1. The molecule has 0 amide bonds. The van der Waals surface area contributed by atoms with Crippen LogP contribution in [0.3, 0.4) is 0 Å². The number of phosphoric acid groups is 1. The average Bonchev–Trinajstić information content (AvgIpc) is 2.15. The number of rotatable bonds is 2. The molecule has 114 valence electrons. The second-order valence-corrected chi connectivity index (χ2v) is 8.12. The third-order valence-corrected chi connectivity index (χ3v) is 3.40. The van der Waals surface area contributed by atoms with Crippen LogP contribution in [0.4, 0.5) is 0 Å². The molecule has 0 spiro atoms. The van der Waals surface area contributed by atoms with Crippen molar-refractivity contribution in [2.75, 3.05) is 0 Å². The number of aromatic hydroxyl groups is 1. The first-order valence-corrected chi connectivity index (χ1v) is 7.88. The molecule has 1 rings (SSSR count). The summed E-state index contributed by atoms with van der Waals surface area (Å²) in [6.07, 6.45) is 0. The van der Waals surface area contributed by atoms with Gasteiger partial charge in [0.2, 0.25) is 0 Å². The highest BCUT2D eigenvalue weighted by atomic mass is 31.2. The maximum Gasteiger partial charge on any atom is 0.524 e. The van der Waals surface area contributed by atoms with Crippen molar-refractivity contribution in [1.82, 2.24) is 0 Å². The van der Waals surface area contributed by atoms with Gasteiger partial charge in [-0.2, -0.15) is 0 Å². The quantitative estimate of drug-likeness (QED) is 0.728. The van der Waals surface area contributed by atoms with Gasteiger partial charge in [-0.05, 0) is 22.5 Å². The van der Waals surface area contributed by atoms with Gasteiger partial charge in [0.25, 0.3) is 0 Å². The van der Waals surface area contributed by atoms with E-state index in [0.717, 1.165) is 5.56 Å². The summed E-state index contributed by atoms with van der Waals surface area (Å²) in [6.45, 7) is 11.7. The predicted octanol–water partition coefficient (Wildman–Crippen LogP) is 3.46. The van der Waals surface area contributed by atoms with E-state index in [1.165, 1.54) is 6.07 Å². The van der Waals surface area contributed by atoms with Crippen LogP contribution in [-0.2, 0) is 15.4 Å². The second-order valence-electron chi connectivity index (χ2n) is 6.95. The van der Waals surface area contributed by atoms with Gasteiger partial charge in [0.15, 0.2) is 11.5 Å². The minimum absolute atomic E-state index is 0.185. The highest BCUT2D eigenvalue weighted by Gasteiger charge is 2.28. The van der Waals surface area contributed by atoms with Crippen LogP contribution >= 0.6 is 7.82 Å². The van der Waals surface area contributed by atoms with E-state index < -0.39 is 7.82 Å². The minimum Gasteiger partial charge on any atom is -0.504 e. The number of phenolic OH excluding ortho intramolecular Hbond substituents is 1. The van der Waals surface area contributed by atoms with E-state index in [1.54, 1.807) is 0 Å². The number of phosphoric ester groups is 1. The Balaban J connectivity index is 3.55. The summed E-state index contributed by atoms with van der Waals surface area (Å²) in [5, 5.41) is 10.2. The van der Waals surface area contributed by atoms with Gasteiger partial charge in [0.05, 0.1) is 0 Å². The Labute approximate surface area is 119 Å². The molecule has 0 heterocycles. The Morgan fingerprint density at radius 3 is 1.85 bits per heavy atom. The number of hydrogen-bond donors (Lipinski definition) is 3. The van der Waals surface area contributed by atoms with E-state index in [4.69, 9.17) is 9.79 Å². The summed E-state index contributed by atoms with van der Waals surface area (Å²) in [4.78, 5) is 17.9. The molecule has 0 saturated heterocycles. The molecule has 1 aromatic carbocycles. The standard InChI is InChI=1S/C14H23O5P/c1-13(2,3)9-7-10(14(4,5)6)12(15)11(8-9)19-20(16,17)18/h7-8,15H,1-6H3,(H2,16,17,18). The Bertz CT molecular complexity index is 546. The summed E-state index contributed by atoms with van der Waals surface area (Å²) in [6, 6.07) is 3.32. The third-order valence-electron chi connectivity index (χ3n) is 2.97. The average molecular weight is 302 g/mol. The summed E-state index contributed by atoms with van der Waals surface area (Å²) in [5.41, 5.74) is 0.816. The maximum absolute atomic E-state index is 11.0. The topological polar surface area (TPSA) is 87.0 Å². The molecule has 0 atom stereocenters. The molecule has 0 fully saturated rings. The van der Waals surface area contributed by atoms with Crippen LogP contribution in [-0.4, -0.2) is 14.9 Å². The first-order chi connectivity index (χ1) is 8.72. The van der Waals surface area contributed by atoms with Crippen LogP contribution < -0.4 is 4.52 Å². The van der Waals surface area contributed by atoms with Crippen molar-refractivity contribution >= 4 is 7.82 Å².